The molecule has 0 radical (unpaired) electrons. The second-order valence-electron chi connectivity index (χ2n) is 6.11. The van der Waals surface area contributed by atoms with Crippen molar-refractivity contribution in [2.75, 3.05) is 12.4 Å². The first-order valence-corrected chi connectivity index (χ1v) is 7.43. The molecule has 0 spiro atoms. The van der Waals surface area contributed by atoms with Crippen LogP contribution in [0.2, 0.25) is 0 Å². The fourth-order valence-electron chi connectivity index (χ4n) is 3.26. The summed E-state index contributed by atoms with van der Waals surface area (Å²) < 4.78 is 5.11. The number of hydrogen-bond acceptors (Lipinski definition) is 3. The van der Waals surface area contributed by atoms with Gasteiger partial charge in [-0.05, 0) is 37.3 Å². The summed E-state index contributed by atoms with van der Waals surface area (Å²) in [5, 5.41) is 3.48. The van der Waals surface area contributed by atoms with Gasteiger partial charge in [-0.1, -0.05) is 44.4 Å². The summed E-state index contributed by atoms with van der Waals surface area (Å²) in [4.78, 5) is 12.4. The number of aryl methyl sites for hydroxylation is 1. The highest BCUT2D eigenvalue weighted by atomic mass is 16.5. The lowest BCUT2D eigenvalue weighted by molar-refractivity contribution is -0.150. The molecule has 20 heavy (non-hydrogen) atoms. The molecule has 3 atom stereocenters. The van der Waals surface area contributed by atoms with Gasteiger partial charge in [0, 0.05) is 5.69 Å². The van der Waals surface area contributed by atoms with E-state index in [9.17, 15) is 4.79 Å². The van der Waals surface area contributed by atoms with Crippen molar-refractivity contribution in [3.05, 3.63) is 29.8 Å². The molecule has 0 saturated heterocycles. The number of ether oxygens (including phenoxy) is 1. The monoisotopic (exact) mass is 275 g/mol. The second-order valence-corrected chi connectivity index (χ2v) is 6.11. The molecular formula is C17H25NO2. The summed E-state index contributed by atoms with van der Waals surface area (Å²) in [6.07, 6.45) is 3.06. The highest BCUT2D eigenvalue weighted by molar-refractivity contribution is 5.85. The first kappa shape index (κ1) is 14.9. The lowest BCUT2D eigenvalue weighted by Crippen LogP contribution is -2.56. The van der Waals surface area contributed by atoms with Crippen LogP contribution in [0.4, 0.5) is 5.69 Å². The third kappa shape index (κ3) is 2.67. The van der Waals surface area contributed by atoms with Crippen LogP contribution in [0, 0.1) is 18.8 Å². The van der Waals surface area contributed by atoms with Gasteiger partial charge in [-0.25, -0.2) is 4.79 Å². The van der Waals surface area contributed by atoms with Gasteiger partial charge in [0.15, 0.2) is 0 Å². The van der Waals surface area contributed by atoms with Gasteiger partial charge in [-0.15, -0.1) is 0 Å². The van der Waals surface area contributed by atoms with E-state index in [4.69, 9.17) is 4.74 Å². The Kier molecular flexibility index (Phi) is 4.36. The van der Waals surface area contributed by atoms with Crippen LogP contribution in [0.1, 0.15) is 38.7 Å². The summed E-state index contributed by atoms with van der Waals surface area (Å²) in [5.41, 5.74) is 1.61. The summed E-state index contributed by atoms with van der Waals surface area (Å²) in [5.74, 6) is 0.628. The summed E-state index contributed by atoms with van der Waals surface area (Å²) >= 11 is 0. The van der Waals surface area contributed by atoms with E-state index in [1.807, 2.05) is 12.1 Å². The van der Waals surface area contributed by atoms with Crippen LogP contribution < -0.4 is 5.32 Å². The third-order valence-electron chi connectivity index (χ3n) is 4.83. The van der Waals surface area contributed by atoms with Gasteiger partial charge >= 0.3 is 5.97 Å². The van der Waals surface area contributed by atoms with Crippen LogP contribution in [0.15, 0.2) is 24.3 Å². The maximum Gasteiger partial charge on any atom is 0.331 e. The first-order chi connectivity index (χ1) is 9.49. The molecule has 1 aliphatic rings. The van der Waals surface area contributed by atoms with Gasteiger partial charge in [-0.2, -0.15) is 0 Å². The first-order valence-electron chi connectivity index (χ1n) is 7.43. The maximum atomic E-state index is 12.4. The number of esters is 1. The van der Waals surface area contributed by atoms with E-state index >= 15 is 0 Å². The fraction of sp³-hybridized carbons (Fsp3) is 0.588. The Morgan fingerprint density at radius 1 is 1.30 bits per heavy atom. The Hall–Kier alpha value is -1.51. The highest BCUT2D eigenvalue weighted by Crippen LogP contribution is 2.40. The summed E-state index contributed by atoms with van der Waals surface area (Å²) in [7, 11) is 1.48. The Bertz CT molecular complexity index is 468. The van der Waals surface area contributed by atoms with Gasteiger partial charge in [0.05, 0.1) is 7.11 Å². The van der Waals surface area contributed by atoms with Crippen molar-refractivity contribution in [1.29, 1.82) is 0 Å². The number of carbonyl (C=O) groups excluding carboxylic acids is 1. The largest absolute Gasteiger partial charge is 0.467 e. The highest BCUT2D eigenvalue weighted by Gasteiger charge is 2.48. The van der Waals surface area contributed by atoms with Crippen molar-refractivity contribution >= 4 is 11.7 Å². The molecule has 3 nitrogen and oxygen atoms in total. The number of carbonyl (C=O) groups is 1. The zero-order valence-electron chi connectivity index (χ0n) is 12.9. The average Bonchev–Trinajstić information content (AvgIpc) is 2.45. The topological polar surface area (TPSA) is 38.3 Å². The lowest BCUT2D eigenvalue weighted by Gasteiger charge is -2.44. The summed E-state index contributed by atoms with van der Waals surface area (Å²) in [6, 6.07) is 8.19. The number of benzene rings is 1. The molecule has 2 rings (SSSR count). The molecule has 3 unspecified atom stereocenters. The predicted molar refractivity (Wildman–Crippen MR) is 81.7 cm³/mol. The van der Waals surface area contributed by atoms with Gasteiger partial charge in [0.2, 0.25) is 0 Å². The number of rotatable bonds is 3. The molecule has 1 aliphatic carbocycles. The van der Waals surface area contributed by atoms with Crippen molar-refractivity contribution in [2.24, 2.45) is 11.8 Å². The van der Waals surface area contributed by atoms with Crippen molar-refractivity contribution in [2.45, 2.75) is 45.6 Å². The molecule has 0 bridgehead atoms. The van der Waals surface area contributed by atoms with Crippen LogP contribution >= 0.6 is 0 Å². The quantitative estimate of drug-likeness (QED) is 0.853. The van der Waals surface area contributed by atoms with Crippen LogP contribution in [-0.2, 0) is 9.53 Å². The molecule has 0 aliphatic heterocycles. The minimum Gasteiger partial charge on any atom is -0.467 e. The zero-order chi connectivity index (χ0) is 14.8. The third-order valence-corrected chi connectivity index (χ3v) is 4.83. The van der Waals surface area contributed by atoms with Gasteiger partial charge < -0.3 is 10.1 Å². The minimum atomic E-state index is -0.596. The van der Waals surface area contributed by atoms with Gasteiger partial charge in [0.25, 0.3) is 0 Å². The van der Waals surface area contributed by atoms with Crippen molar-refractivity contribution < 1.29 is 9.53 Å². The van der Waals surface area contributed by atoms with Crippen LogP contribution in [0.5, 0.6) is 0 Å². The molecule has 0 heterocycles. The molecule has 0 amide bonds. The molecule has 1 saturated carbocycles. The van der Waals surface area contributed by atoms with Crippen molar-refractivity contribution in [1.82, 2.24) is 0 Å². The Morgan fingerprint density at radius 2 is 1.95 bits per heavy atom. The second kappa shape index (κ2) is 5.86. The van der Waals surface area contributed by atoms with E-state index in [1.165, 1.54) is 19.1 Å². The van der Waals surface area contributed by atoms with E-state index < -0.39 is 5.54 Å². The van der Waals surface area contributed by atoms with E-state index in [0.717, 1.165) is 18.5 Å². The smallest absolute Gasteiger partial charge is 0.331 e. The lowest BCUT2D eigenvalue weighted by atomic mass is 9.68. The van der Waals surface area contributed by atoms with Gasteiger partial charge in [0.1, 0.15) is 5.54 Å². The SMILES string of the molecule is COC(=O)C1(Nc2ccc(C)cc2)CCCC(C)C1C. The minimum absolute atomic E-state index is 0.142. The molecule has 110 valence electrons. The van der Waals surface area contributed by atoms with E-state index in [-0.39, 0.29) is 11.9 Å². The Morgan fingerprint density at radius 3 is 2.55 bits per heavy atom. The van der Waals surface area contributed by atoms with Crippen molar-refractivity contribution in [3.8, 4) is 0 Å². The van der Waals surface area contributed by atoms with E-state index in [0.29, 0.717) is 5.92 Å². The molecule has 1 aromatic carbocycles. The molecule has 1 fully saturated rings. The van der Waals surface area contributed by atoms with E-state index in [2.05, 4.69) is 38.2 Å². The average molecular weight is 275 g/mol. The number of hydrogen-bond donors (Lipinski definition) is 1. The molecule has 0 aromatic heterocycles. The summed E-state index contributed by atoms with van der Waals surface area (Å²) in [6.45, 7) is 6.44. The molecular weight excluding hydrogens is 250 g/mol. The number of anilines is 1. The predicted octanol–water partition coefficient (Wildman–Crippen LogP) is 3.77. The fourth-order valence-corrected chi connectivity index (χ4v) is 3.26. The van der Waals surface area contributed by atoms with E-state index in [1.54, 1.807) is 0 Å². The van der Waals surface area contributed by atoms with Crippen LogP contribution in [0.25, 0.3) is 0 Å². The Labute approximate surface area is 121 Å². The molecule has 1 aromatic rings. The van der Waals surface area contributed by atoms with Crippen molar-refractivity contribution in [3.63, 3.8) is 0 Å². The maximum absolute atomic E-state index is 12.4. The number of nitrogens with one attached hydrogen (secondary N) is 1. The van der Waals surface area contributed by atoms with Crippen LogP contribution in [-0.4, -0.2) is 18.6 Å². The van der Waals surface area contributed by atoms with Gasteiger partial charge in [-0.3, -0.25) is 0 Å². The number of methoxy groups -OCH3 is 1. The molecule has 3 heteroatoms. The van der Waals surface area contributed by atoms with Crippen LogP contribution in [0.3, 0.4) is 0 Å². The Balaban J connectivity index is 2.32. The normalized spacial score (nSPS) is 29.8. The zero-order valence-corrected chi connectivity index (χ0v) is 12.9. The standard InChI is InChI=1S/C17H25NO2/c1-12-7-9-15(10-8-12)18-17(16(19)20-4)11-5-6-13(2)14(17)3/h7-10,13-14,18H,5-6,11H2,1-4H3. The molecule has 1 N–H and O–H groups in total.